The van der Waals surface area contributed by atoms with Crippen LogP contribution in [-0.2, 0) is 0 Å². The molecule has 0 heterocycles. The van der Waals surface area contributed by atoms with E-state index in [0.717, 1.165) is 18.8 Å². The minimum Gasteiger partial charge on any atom is -0.264 e. The largest absolute Gasteiger partial charge is 0.264 e. The second-order valence-electron chi connectivity index (χ2n) is 5.47. The Bertz CT molecular complexity index is 208. The van der Waals surface area contributed by atoms with Crippen LogP contribution in [0, 0.1) is 16.0 Å². The Morgan fingerprint density at radius 2 is 1.87 bits per heavy atom. The van der Waals surface area contributed by atoms with Gasteiger partial charge in [-0.25, -0.2) is 0 Å². The highest BCUT2D eigenvalue weighted by molar-refractivity contribution is 4.70. The molecule has 1 aliphatic rings. The second-order valence-corrected chi connectivity index (χ2v) is 5.47. The van der Waals surface area contributed by atoms with Gasteiger partial charge in [-0.05, 0) is 12.3 Å². The zero-order chi connectivity index (χ0) is 11.3. The molecule has 0 saturated heterocycles. The second kappa shape index (κ2) is 5.47. The number of hydrogen-bond donors (Lipinski definition) is 0. The third kappa shape index (κ3) is 4.18. The van der Waals surface area contributed by atoms with Crippen LogP contribution < -0.4 is 0 Å². The summed E-state index contributed by atoms with van der Waals surface area (Å²) >= 11 is 0. The van der Waals surface area contributed by atoms with Crippen molar-refractivity contribution in [3.8, 4) is 0 Å². The highest BCUT2D eigenvalue weighted by atomic mass is 16.6. The molecule has 0 radical (unpaired) electrons. The summed E-state index contributed by atoms with van der Waals surface area (Å²) in [6.07, 6.45) is 9.73. The van der Waals surface area contributed by atoms with E-state index in [9.17, 15) is 10.1 Å². The molecule has 1 saturated carbocycles. The summed E-state index contributed by atoms with van der Waals surface area (Å²) in [5.41, 5.74) is -0.728. The first-order valence-corrected chi connectivity index (χ1v) is 6.17. The minimum absolute atomic E-state index is 0.145. The van der Waals surface area contributed by atoms with Gasteiger partial charge < -0.3 is 0 Å². The van der Waals surface area contributed by atoms with Gasteiger partial charge in [-0.1, -0.05) is 38.5 Å². The van der Waals surface area contributed by atoms with E-state index in [1.54, 1.807) is 13.8 Å². The van der Waals surface area contributed by atoms with Gasteiger partial charge in [0.15, 0.2) is 0 Å². The van der Waals surface area contributed by atoms with Crippen LogP contribution in [0.15, 0.2) is 0 Å². The summed E-state index contributed by atoms with van der Waals surface area (Å²) in [5.74, 6) is 0.848. The van der Waals surface area contributed by atoms with Crippen LogP contribution in [-0.4, -0.2) is 10.5 Å². The summed E-state index contributed by atoms with van der Waals surface area (Å²) in [7, 11) is 0. The molecule has 1 fully saturated rings. The van der Waals surface area contributed by atoms with Crippen molar-refractivity contribution >= 4 is 0 Å². The molecule has 0 atom stereocenters. The van der Waals surface area contributed by atoms with E-state index in [0.29, 0.717) is 0 Å². The topological polar surface area (TPSA) is 43.1 Å². The molecule has 0 bridgehead atoms. The Kier molecular flexibility index (Phi) is 4.55. The van der Waals surface area contributed by atoms with Crippen molar-refractivity contribution in [1.29, 1.82) is 0 Å². The molecule has 0 aromatic rings. The van der Waals surface area contributed by atoms with Crippen LogP contribution in [0.4, 0.5) is 0 Å². The molecule has 0 amide bonds. The Balaban J connectivity index is 2.17. The molecule has 0 unspecified atom stereocenters. The first-order valence-electron chi connectivity index (χ1n) is 6.17. The zero-order valence-electron chi connectivity index (χ0n) is 10.00. The lowest BCUT2D eigenvalue weighted by molar-refractivity contribution is -0.561. The van der Waals surface area contributed by atoms with Gasteiger partial charge in [0, 0.05) is 25.2 Å². The fourth-order valence-corrected chi connectivity index (χ4v) is 2.39. The normalized spacial score (nSPS) is 19.1. The van der Waals surface area contributed by atoms with E-state index in [2.05, 4.69) is 0 Å². The number of nitro groups is 1. The van der Waals surface area contributed by atoms with Crippen molar-refractivity contribution in [1.82, 2.24) is 0 Å². The van der Waals surface area contributed by atoms with Crippen molar-refractivity contribution in [2.24, 2.45) is 5.92 Å². The van der Waals surface area contributed by atoms with Crippen molar-refractivity contribution in [3.63, 3.8) is 0 Å². The molecular formula is C12H23NO2. The van der Waals surface area contributed by atoms with Crippen molar-refractivity contribution in [2.75, 3.05) is 0 Å². The minimum atomic E-state index is -0.728. The van der Waals surface area contributed by atoms with Gasteiger partial charge in [0.05, 0.1) is 0 Å². The average molecular weight is 213 g/mol. The molecule has 1 aliphatic carbocycles. The zero-order valence-corrected chi connectivity index (χ0v) is 10.00. The first kappa shape index (κ1) is 12.5. The van der Waals surface area contributed by atoms with Crippen LogP contribution in [0.5, 0.6) is 0 Å². The van der Waals surface area contributed by atoms with E-state index in [1.807, 2.05) is 0 Å². The Morgan fingerprint density at radius 3 is 2.40 bits per heavy atom. The predicted octanol–water partition coefficient (Wildman–Crippen LogP) is 3.79. The van der Waals surface area contributed by atoms with Crippen LogP contribution in [0.25, 0.3) is 0 Å². The van der Waals surface area contributed by atoms with E-state index < -0.39 is 5.54 Å². The van der Waals surface area contributed by atoms with Gasteiger partial charge in [-0.3, -0.25) is 10.1 Å². The lowest BCUT2D eigenvalue weighted by atomic mass is 9.84. The smallest absolute Gasteiger partial charge is 0.216 e. The van der Waals surface area contributed by atoms with Crippen LogP contribution in [0.2, 0.25) is 0 Å². The van der Waals surface area contributed by atoms with E-state index in [-0.39, 0.29) is 4.92 Å². The van der Waals surface area contributed by atoms with Gasteiger partial charge in [-0.15, -0.1) is 0 Å². The van der Waals surface area contributed by atoms with E-state index >= 15 is 0 Å². The maximum atomic E-state index is 10.7. The maximum Gasteiger partial charge on any atom is 0.216 e. The highest BCUT2D eigenvalue weighted by Gasteiger charge is 2.30. The SMILES string of the molecule is CC(C)(CCCC1CCCCC1)[N+](=O)[O-]. The van der Waals surface area contributed by atoms with Gasteiger partial charge in [-0.2, -0.15) is 0 Å². The predicted molar refractivity (Wildman–Crippen MR) is 61.5 cm³/mol. The molecule has 0 aromatic carbocycles. The fraction of sp³-hybridized carbons (Fsp3) is 1.00. The molecule has 0 spiro atoms. The van der Waals surface area contributed by atoms with Gasteiger partial charge >= 0.3 is 0 Å². The Morgan fingerprint density at radius 1 is 1.27 bits per heavy atom. The quantitative estimate of drug-likeness (QED) is 0.515. The highest BCUT2D eigenvalue weighted by Crippen LogP contribution is 2.29. The lowest BCUT2D eigenvalue weighted by Gasteiger charge is -2.22. The molecular weight excluding hydrogens is 190 g/mol. The fourth-order valence-electron chi connectivity index (χ4n) is 2.39. The number of hydrogen-bond acceptors (Lipinski definition) is 2. The summed E-state index contributed by atoms with van der Waals surface area (Å²) in [5, 5.41) is 10.7. The molecule has 3 nitrogen and oxygen atoms in total. The third-order valence-electron chi connectivity index (χ3n) is 3.62. The molecule has 3 heteroatoms. The van der Waals surface area contributed by atoms with Gasteiger partial charge in [0.25, 0.3) is 0 Å². The lowest BCUT2D eigenvalue weighted by Crippen LogP contribution is -2.30. The average Bonchev–Trinajstić information content (AvgIpc) is 2.19. The van der Waals surface area contributed by atoms with Gasteiger partial charge in [0.1, 0.15) is 0 Å². The summed E-state index contributed by atoms with van der Waals surface area (Å²) in [4.78, 5) is 10.6. The standard InChI is InChI=1S/C12H23NO2/c1-12(2,13(14)15)10-6-9-11-7-4-3-5-8-11/h11H,3-10H2,1-2H3. The maximum absolute atomic E-state index is 10.7. The number of rotatable bonds is 5. The molecule has 1 rings (SSSR count). The van der Waals surface area contributed by atoms with Crippen molar-refractivity contribution < 1.29 is 4.92 Å². The Hall–Kier alpha value is -0.600. The molecule has 0 N–H and O–H groups in total. The Labute approximate surface area is 92.4 Å². The van der Waals surface area contributed by atoms with Gasteiger partial charge in [0.2, 0.25) is 5.54 Å². The summed E-state index contributed by atoms with van der Waals surface area (Å²) < 4.78 is 0. The van der Waals surface area contributed by atoms with Crippen LogP contribution in [0.3, 0.4) is 0 Å². The summed E-state index contributed by atoms with van der Waals surface area (Å²) in [6.45, 7) is 3.46. The van der Waals surface area contributed by atoms with E-state index in [4.69, 9.17) is 0 Å². The first-order chi connectivity index (χ1) is 7.02. The van der Waals surface area contributed by atoms with Crippen molar-refractivity contribution in [3.05, 3.63) is 10.1 Å². The van der Waals surface area contributed by atoms with Crippen molar-refractivity contribution in [2.45, 2.75) is 70.8 Å². The molecule has 0 aromatic heterocycles. The number of nitrogens with zero attached hydrogens (tertiary/aromatic N) is 1. The molecule has 15 heavy (non-hydrogen) atoms. The molecule has 88 valence electrons. The van der Waals surface area contributed by atoms with Crippen LogP contribution in [0.1, 0.15) is 65.2 Å². The van der Waals surface area contributed by atoms with Crippen LogP contribution >= 0.6 is 0 Å². The molecule has 0 aliphatic heterocycles. The van der Waals surface area contributed by atoms with E-state index in [1.165, 1.54) is 38.5 Å². The summed E-state index contributed by atoms with van der Waals surface area (Å²) in [6, 6.07) is 0. The third-order valence-corrected chi connectivity index (χ3v) is 3.62. The monoisotopic (exact) mass is 213 g/mol.